The molecule has 0 bridgehead atoms. The van der Waals surface area contributed by atoms with Crippen LogP contribution in [0.4, 0.5) is 0 Å². The zero-order valence-corrected chi connectivity index (χ0v) is 14.6. The van der Waals surface area contributed by atoms with Crippen molar-refractivity contribution in [3.63, 3.8) is 0 Å². The smallest absolute Gasteiger partial charge is 0.354 e. The van der Waals surface area contributed by atoms with Gasteiger partial charge in [0, 0.05) is 19.1 Å². The first-order valence-electron chi connectivity index (χ1n) is 8.71. The third kappa shape index (κ3) is 4.26. The van der Waals surface area contributed by atoms with Gasteiger partial charge in [0.2, 0.25) is 0 Å². The molecule has 136 valence electrons. The van der Waals surface area contributed by atoms with Gasteiger partial charge < -0.3 is 15.2 Å². The summed E-state index contributed by atoms with van der Waals surface area (Å²) < 4.78 is 5.96. The van der Waals surface area contributed by atoms with Crippen LogP contribution in [0.3, 0.4) is 0 Å². The van der Waals surface area contributed by atoms with Crippen LogP contribution in [0.1, 0.15) is 51.0 Å². The summed E-state index contributed by atoms with van der Waals surface area (Å²) >= 11 is 0. The number of carbonyl (C=O) groups is 2. The van der Waals surface area contributed by atoms with E-state index in [1.54, 1.807) is 0 Å². The number of carbonyl (C=O) groups excluding carboxylic acids is 1. The van der Waals surface area contributed by atoms with Crippen molar-refractivity contribution in [2.24, 2.45) is 5.92 Å². The summed E-state index contributed by atoms with van der Waals surface area (Å²) in [6, 6.07) is 12.6. The molecule has 0 spiro atoms. The Morgan fingerprint density at radius 2 is 1.92 bits per heavy atom. The van der Waals surface area contributed by atoms with Crippen molar-refractivity contribution in [3.8, 4) is 0 Å². The minimum atomic E-state index is -1.15. The summed E-state index contributed by atoms with van der Waals surface area (Å²) in [5, 5.41) is 11.9. The topological polar surface area (TPSA) is 88.5 Å². The third-order valence-corrected chi connectivity index (χ3v) is 4.58. The average Bonchev–Trinajstić information content (AvgIpc) is 2.67. The molecule has 0 radical (unpaired) electrons. The minimum absolute atomic E-state index is 0.0528. The number of pyridine rings is 1. The van der Waals surface area contributed by atoms with Gasteiger partial charge in [-0.1, -0.05) is 35.9 Å². The standard InChI is InChI=1S/C20H22N2O4/c1-13-7-9-14(10-8-13)18-15(4-3-11-26-18)12-21-19(23)16-5-2-6-17(22-16)20(24)25/h2,5-10,15,18H,3-4,11-12H2,1H3,(H,21,23)(H,24,25). The monoisotopic (exact) mass is 354 g/mol. The SMILES string of the molecule is Cc1ccc(C2OCCCC2CNC(=O)c2cccc(C(=O)O)n2)cc1. The summed E-state index contributed by atoms with van der Waals surface area (Å²) in [7, 11) is 0. The molecule has 0 aliphatic carbocycles. The Balaban J connectivity index is 1.66. The van der Waals surface area contributed by atoms with E-state index in [0.29, 0.717) is 13.2 Å². The van der Waals surface area contributed by atoms with Gasteiger partial charge in [-0.2, -0.15) is 0 Å². The van der Waals surface area contributed by atoms with Gasteiger partial charge in [-0.25, -0.2) is 9.78 Å². The Hall–Kier alpha value is -2.73. The first-order valence-corrected chi connectivity index (χ1v) is 8.71. The highest BCUT2D eigenvalue weighted by Gasteiger charge is 2.28. The van der Waals surface area contributed by atoms with Crippen molar-refractivity contribution in [3.05, 3.63) is 65.0 Å². The summed E-state index contributed by atoms with van der Waals surface area (Å²) in [6.45, 7) is 3.21. The molecule has 26 heavy (non-hydrogen) atoms. The number of nitrogens with zero attached hydrogens (tertiary/aromatic N) is 1. The maximum atomic E-state index is 12.3. The maximum absolute atomic E-state index is 12.3. The number of nitrogens with one attached hydrogen (secondary N) is 1. The van der Waals surface area contributed by atoms with E-state index in [0.717, 1.165) is 18.4 Å². The fourth-order valence-corrected chi connectivity index (χ4v) is 3.17. The Labute approximate surface area is 152 Å². The van der Waals surface area contributed by atoms with Crippen LogP contribution in [-0.4, -0.2) is 35.1 Å². The molecule has 1 fully saturated rings. The van der Waals surface area contributed by atoms with Crippen molar-refractivity contribution in [2.45, 2.75) is 25.9 Å². The molecular weight excluding hydrogens is 332 g/mol. The Bertz CT molecular complexity index is 789. The van der Waals surface area contributed by atoms with Gasteiger partial charge in [-0.3, -0.25) is 4.79 Å². The Morgan fingerprint density at radius 1 is 1.19 bits per heavy atom. The van der Waals surface area contributed by atoms with Crippen molar-refractivity contribution in [2.75, 3.05) is 13.2 Å². The Kier molecular flexibility index (Phi) is 5.63. The van der Waals surface area contributed by atoms with Crippen molar-refractivity contribution in [1.82, 2.24) is 10.3 Å². The van der Waals surface area contributed by atoms with Crippen LogP contribution in [0.15, 0.2) is 42.5 Å². The number of rotatable bonds is 5. The summed E-state index contributed by atoms with van der Waals surface area (Å²) in [4.78, 5) is 27.2. The second-order valence-corrected chi connectivity index (χ2v) is 6.53. The largest absolute Gasteiger partial charge is 0.477 e. The molecule has 2 heterocycles. The van der Waals surface area contributed by atoms with Crippen LogP contribution in [0, 0.1) is 12.8 Å². The van der Waals surface area contributed by atoms with Gasteiger partial charge in [0.1, 0.15) is 11.4 Å². The lowest BCUT2D eigenvalue weighted by Crippen LogP contribution is -2.35. The maximum Gasteiger partial charge on any atom is 0.354 e. The molecule has 1 aliphatic rings. The molecule has 0 saturated carbocycles. The number of hydrogen-bond donors (Lipinski definition) is 2. The second-order valence-electron chi connectivity index (χ2n) is 6.53. The van der Waals surface area contributed by atoms with E-state index in [9.17, 15) is 9.59 Å². The lowest BCUT2D eigenvalue weighted by atomic mass is 9.89. The lowest BCUT2D eigenvalue weighted by Gasteiger charge is -2.32. The highest BCUT2D eigenvalue weighted by atomic mass is 16.5. The van der Waals surface area contributed by atoms with Crippen LogP contribution in [0.5, 0.6) is 0 Å². The van der Waals surface area contributed by atoms with Crippen molar-refractivity contribution < 1.29 is 19.4 Å². The van der Waals surface area contributed by atoms with Gasteiger partial charge in [-0.05, 0) is 37.5 Å². The van der Waals surface area contributed by atoms with Gasteiger partial charge in [0.15, 0.2) is 0 Å². The molecule has 2 N–H and O–H groups in total. The molecule has 1 amide bonds. The third-order valence-electron chi connectivity index (χ3n) is 4.58. The lowest BCUT2D eigenvalue weighted by molar-refractivity contribution is -0.0272. The molecular formula is C20H22N2O4. The average molecular weight is 354 g/mol. The van der Waals surface area contributed by atoms with Crippen LogP contribution in [-0.2, 0) is 4.74 Å². The van der Waals surface area contributed by atoms with Crippen LogP contribution in [0.2, 0.25) is 0 Å². The molecule has 2 atom stereocenters. The van der Waals surface area contributed by atoms with Crippen molar-refractivity contribution in [1.29, 1.82) is 0 Å². The number of aryl methyl sites for hydroxylation is 1. The minimum Gasteiger partial charge on any atom is -0.477 e. The molecule has 3 rings (SSSR count). The highest BCUT2D eigenvalue weighted by molar-refractivity contribution is 5.94. The number of aromatic carboxylic acids is 1. The van der Waals surface area contributed by atoms with Gasteiger partial charge >= 0.3 is 5.97 Å². The summed E-state index contributed by atoms with van der Waals surface area (Å²) in [5.41, 5.74) is 2.27. The molecule has 1 aliphatic heterocycles. The number of carboxylic acids is 1. The number of benzene rings is 1. The van der Waals surface area contributed by atoms with Crippen LogP contribution >= 0.6 is 0 Å². The van der Waals surface area contributed by atoms with E-state index in [-0.39, 0.29) is 29.3 Å². The van der Waals surface area contributed by atoms with Gasteiger partial charge in [-0.15, -0.1) is 0 Å². The quantitative estimate of drug-likeness (QED) is 0.862. The molecule has 2 unspecified atom stereocenters. The van der Waals surface area contributed by atoms with E-state index >= 15 is 0 Å². The van der Waals surface area contributed by atoms with E-state index in [2.05, 4.69) is 34.6 Å². The van der Waals surface area contributed by atoms with Crippen LogP contribution in [0.25, 0.3) is 0 Å². The number of aromatic nitrogens is 1. The fraction of sp³-hybridized carbons (Fsp3) is 0.350. The first-order chi connectivity index (χ1) is 12.5. The van der Waals surface area contributed by atoms with E-state index < -0.39 is 5.97 Å². The first kappa shape index (κ1) is 18.1. The number of amides is 1. The molecule has 2 aromatic rings. The predicted molar refractivity (Wildman–Crippen MR) is 96.1 cm³/mol. The molecule has 1 aromatic carbocycles. The molecule has 1 saturated heterocycles. The normalized spacial score (nSPS) is 19.7. The summed E-state index contributed by atoms with van der Waals surface area (Å²) in [6.07, 6.45) is 1.86. The highest BCUT2D eigenvalue weighted by Crippen LogP contribution is 2.33. The van der Waals surface area contributed by atoms with E-state index in [1.165, 1.54) is 23.8 Å². The molecule has 6 heteroatoms. The van der Waals surface area contributed by atoms with E-state index in [4.69, 9.17) is 9.84 Å². The van der Waals surface area contributed by atoms with Crippen molar-refractivity contribution >= 4 is 11.9 Å². The summed E-state index contributed by atoms with van der Waals surface area (Å²) in [5.74, 6) is -1.36. The second kappa shape index (κ2) is 8.10. The van der Waals surface area contributed by atoms with E-state index in [1.807, 2.05) is 6.92 Å². The number of ether oxygens (including phenoxy) is 1. The zero-order valence-electron chi connectivity index (χ0n) is 14.6. The molecule has 6 nitrogen and oxygen atoms in total. The zero-order chi connectivity index (χ0) is 18.5. The van der Waals surface area contributed by atoms with Gasteiger partial charge in [0.25, 0.3) is 5.91 Å². The Morgan fingerprint density at radius 3 is 2.65 bits per heavy atom. The number of hydrogen-bond acceptors (Lipinski definition) is 4. The number of carboxylic acid groups (broad SMARTS) is 1. The van der Waals surface area contributed by atoms with Gasteiger partial charge in [0.05, 0.1) is 6.10 Å². The fourth-order valence-electron chi connectivity index (χ4n) is 3.17. The molecule has 1 aromatic heterocycles. The predicted octanol–water partition coefficient (Wildman–Crippen LogP) is 2.99. The van der Waals surface area contributed by atoms with Crippen LogP contribution < -0.4 is 5.32 Å².